The fourth-order valence-electron chi connectivity index (χ4n) is 5.18. The van der Waals surface area contributed by atoms with Crippen molar-refractivity contribution >= 4 is 45.0 Å². The Labute approximate surface area is 290 Å². The Morgan fingerprint density at radius 2 is 1.58 bits per heavy atom. The third kappa shape index (κ3) is 8.86. The van der Waals surface area contributed by atoms with Crippen LogP contribution in [-0.2, 0) is 37.4 Å². The van der Waals surface area contributed by atoms with Crippen LogP contribution in [-0.4, -0.2) is 69.5 Å². The molecule has 4 aromatic carbocycles. The highest BCUT2D eigenvalue weighted by Gasteiger charge is 2.32. The van der Waals surface area contributed by atoms with E-state index in [4.69, 9.17) is 37.4 Å². The maximum atomic E-state index is 14.0. The Hall–Kier alpha value is -4.13. The molecular formula is C35H35Cl2N3O7S. The molecule has 1 aliphatic heterocycles. The molecule has 1 aliphatic rings. The van der Waals surface area contributed by atoms with Crippen LogP contribution < -0.4 is 14.8 Å². The number of ether oxygens (including phenoxy) is 3. The summed E-state index contributed by atoms with van der Waals surface area (Å²) in [5.74, 6) is 0.0547. The van der Waals surface area contributed by atoms with Gasteiger partial charge in [-0.3, -0.25) is 9.59 Å². The van der Waals surface area contributed by atoms with Crippen molar-refractivity contribution in [3.05, 3.63) is 124 Å². The maximum absolute atomic E-state index is 14.0. The zero-order valence-corrected chi connectivity index (χ0v) is 28.5. The zero-order chi connectivity index (χ0) is 34.1. The first-order chi connectivity index (χ1) is 23.2. The first-order valence-electron chi connectivity index (χ1n) is 15.2. The predicted octanol–water partition coefficient (Wildman–Crippen LogP) is 5.49. The normalized spacial score (nSPS) is 14.1. The van der Waals surface area contributed by atoms with E-state index in [0.29, 0.717) is 45.9 Å². The van der Waals surface area contributed by atoms with E-state index in [-0.39, 0.29) is 31.1 Å². The number of benzene rings is 4. The van der Waals surface area contributed by atoms with Gasteiger partial charge in [-0.15, -0.1) is 0 Å². The number of nitrogens with zero attached hydrogens (tertiary/aromatic N) is 2. The Balaban J connectivity index is 1.38. The summed E-state index contributed by atoms with van der Waals surface area (Å²) in [5, 5.41) is 3.81. The lowest BCUT2D eigenvalue weighted by molar-refractivity contribution is -0.143. The minimum atomic E-state index is -3.69. The van der Waals surface area contributed by atoms with Crippen LogP contribution >= 0.6 is 23.2 Å². The number of nitrogens with one attached hydrogen (secondary N) is 1. The second-order valence-electron chi connectivity index (χ2n) is 10.9. The summed E-state index contributed by atoms with van der Waals surface area (Å²) < 4.78 is 43.9. The molecule has 0 spiro atoms. The molecule has 0 saturated carbocycles. The highest BCUT2D eigenvalue weighted by molar-refractivity contribution is 7.89. The molecule has 1 N–H and O–H groups in total. The van der Waals surface area contributed by atoms with Gasteiger partial charge >= 0.3 is 0 Å². The van der Waals surface area contributed by atoms with Gasteiger partial charge in [0.25, 0.3) is 5.91 Å². The van der Waals surface area contributed by atoms with Gasteiger partial charge in [-0.2, -0.15) is 4.31 Å². The van der Waals surface area contributed by atoms with E-state index < -0.39 is 34.5 Å². The number of hydrogen-bond acceptors (Lipinski definition) is 7. The molecule has 2 amide bonds. The molecule has 0 bridgehead atoms. The second kappa shape index (κ2) is 16.3. The molecule has 5 rings (SSSR count). The average molecular weight is 713 g/mol. The molecule has 0 radical (unpaired) electrons. The number of hydrogen-bond donors (Lipinski definition) is 1. The molecular weight excluding hydrogens is 677 g/mol. The second-order valence-corrected chi connectivity index (χ2v) is 13.7. The molecule has 0 aliphatic carbocycles. The summed E-state index contributed by atoms with van der Waals surface area (Å²) in [5.41, 5.74) is 2.02. The molecule has 10 nitrogen and oxygen atoms in total. The highest BCUT2D eigenvalue weighted by Crippen LogP contribution is 2.27. The van der Waals surface area contributed by atoms with Crippen LogP contribution in [0.15, 0.2) is 102 Å². The van der Waals surface area contributed by atoms with Crippen LogP contribution in [0.25, 0.3) is 0 Å². The average Bonchev–Trinajstić information content (AvgIpc) is 3.11. The van der Waals surface area contributed by atoms with Crippen molar-refractivity contribution in [1.29, 1.82) is 0 Å². The van der Waals surface area contributed by atoms with Gasteiger partial charge in [0.05, 0.1) is 25.2 Å². The van der Waals surface area contributed by atoms with E-state index in [2.05, 4.69) is 5.32 Å². The van der Waals surface area contributed by atoms with Crippen molar-refractivity contribution in [2.24, 2.45) is 0 Å². The molecule has 1 atom stereocenters. The smallest absolute Gasteiger partial charge is 0.261 e. The standard InChI is InChI=1S/C35H35Cl2N3O7S/c1-45-29-11-7-25(8-12-29)23-40(33(41)24-47-30-13-15-31(16-14-30)48(43,44)39-17-19-46-20-18-39)34(26-5-3-2-4-6-26)35(42)38-22-27-9-10-28(36)21-32(27)37/h2-16,21,34H,17-20,22-24H2,1H3,(H,38,42). The number of amides is 2. The van der Waals surface area contributed by atoms with Crippen molar-refractivity contribution in [2.45, 2.75) is 24.0 Å². The van der Waals surface area contributed by atoms with Gasteiger partial charge in [-0.05, 0) is 65.2 Å². The molecule has 48 heavy (non-hydrogen) atoms. The van der Waals surface area contributed by atoms with Gasteiger partial charge in [-0.25, -0.2) is 8.42 Å². The molecule has 1 heterocycles. The fraction of sp³-hybridized carbons (Fsp3) is 0.257. The Morgan fingerprint density at radius 3 is 2.23 bits per heavy atom. The number of carbonyl (C=O) groups excluding carboxylic acids is 2. The monoisotopic (exact) mass is 711 g/mol. The Bertz CT molecular complexity index is 1800. The van der Waals surface area contributed by atoms with Crippen molar-refractivity contribution < 1.29 is 32.2 Å². The number of methoxy groups -OCH3 is 1. The van der Waals surface area contributed by atoms with Crippen molar-refractivity contribution in [3.63, 3.8) is 0 Å². The van der Waals surface area contributed by atoms with Crippen LogP contribution in [0.3, 0.4) is 0 Å². The van der Waals surface area contributed by atoms with Gasteiger partial charge in [0.1, 0.15) is 17.5 Å². The number of sulfonamides is 1. The third-order valence-corrected chi connectivity index (χ3v) is 10.3. The summed E-state index contributed by atoms with van der Waals surface area (Å²) in [6.07, 6.45) is 0. The summed E-state index contributed by atoms with van der Waals surface area (Å²) in [7, 11) is -2.13. The Morgan fingerprint density at radius 1 is 0.917 bits per heavy atom. The van der Waals surface area contributed by atoms with Crippen molar-refractivity contribution in [2.75, 3.05) is 40.0 Å². The van der Waals surface area contributed by atoms with E-state index in [1.807, 2.05) is 18.2 Å². The first-order valence-corrected chi connectivity index (χ1v) is 17.3. The maximum Gasteiger partial charge on any atom is 0.261 e. The molecule has 13 heteroatoms. The molecule has 4 aromatic rings. The lowest BCUT2D eigenvalue weighted by Crippen LogP contribution is -2.45. The van der Waals surface area contributed by atoms with Gasteiger partial charge in [-0.1, -0.05) is 71.7 Å². The van der Waals surface area contributed by atoms with Crippen molar-refractivity contribution in [3.8, 4) is 11.5 Å². The number of halogens is 2. The van der Waals surface area contributed by atoms with Crippen LogP contribution in [0.4, 0.5) is 0 Å². The summed E-state index contributed by atoms with van der Waals surface area (Å²) in [6.45, 7) is 1.02. The summed E-state index contributed by atoms with van der Waals surface area (Å²) in [6, 6.07) is 26.1. The van der Waals surface area contributed by atoms with Crippen molar-refractivity contribution in [1.82, 2.24) is 14.5 Å². The van der Waals surface area contributed by atoms with Gasteiger partial charge in [0.2, 0.25) is 15.9 Å². The van der Waals surface area contributed by atoms with E-state index >= 15 is 0 Å². The lowest BCUT2D eigenvalue weighted by Gasteiger charge is -2.31. The van der Waals surface area contributed by atoms with Crippen LogP contribution in [0.5, 0.6) is 11.5 Å². The minimum absolute atomic E-state index is 0.0810. The Kier molecular flexibility index (Phi) is 12.0. The molecule has 1 fully saturated rings. The quantitative estimate of drug-likeness (QED) is 0.195. The fourth-order valence-corrected chi connectivity index (χ4v) is 7.06. The van der Waals surface area contributed by atoms with E-state index in [1.165, 1.54) is 33.5 Å². The first kappa shape index (κ1) is 35.2. The number of carbonyl (C=O) groups is 2. The molecule has 252 valence electrons. The summed E-state index contributed by atoms with van der Waals surface area (Å²) >= 11 is 12.4. The van der Waals surface area contributed by atoms with Gasteiger partial charge < -0.3 is 24.4 Å². The van der Waals surface area contributed by atoms with Crippen LogP contribution in [0.2, 0.25) is 10.0 Å². The zero-order valence-electron chi connectivity index (χ0n) is 26.2. The van der Waals surface area contributed by atoms with Gasteiger partial charge in [0, 0.05) is 36.2 Å². The third-order valence-electron chi connectivity index (χ3n) is 7.77. The summed E-state index contributed by atoms with van der Waals surface area (Å²) in [4.78, 5) is 29.5. The molecule has 0 aromatic heterocycles. The topological polar surface area (TPSA) is 114 Å². The van der Waals surface area contributed by atoms with E-state index in [0.717, 1.165) is 5.56 Å². The molecule has 1 saturated heterocycles. The van der Waals surface area contributed by atoms with E-state index in [1.54, 1.807) is 61.7 Å². The number of rotatable bonds is 13. The van der Waals surface area contributed by atoms with Crippen LogP contribution in [0.1, 0.15) is 22.7 Å². The largest absolute Gasteiger partial charge is 0.497 e. The molecule has 1 unspecified atom stereocenters. The van der Waals surface area contributed by atoms with Gasteiger partial charge in [0.15, 0.2) is 6.61 Å². The van der Waals surface area contributed by atoms with E-state index in [9.17, 15) is 18.0 Å². The highest BCUT2D eigenvalue weighted by atomic mass is 35.5. The SMILES string of the molecule is COc1ccc(CN(C(=O)COc2ccc(S(=O)(=O)N3CCOCC3)cc2)C(C(=O)NCc2ccc(Cl)cc2Cl)c2ccccc2)cc1. The van der Waals surface area contributed by atoms with Crippen LogP contribution in [0, 0.1) is 0 Å². The lowest BCUT2D eigenvalue weighted by atomic mass is 10.0. The number of morpholine rings is 1. The minimum Gasteiger partial charge on any atom is -0.497 e. The predicted molar refractivity (Wildman–Crippen MR) is 183 cm³/mol.